The number of ether oxygens (including phenoxy) is 2. The topological polar surface area (TPSA) is 18.5 Å². The first kappa shape index (κ1) is 16.6. The molecule has 2 atom stereocenters. The Morgan fingerprint density at radius 2 is 1.73 bits per heavy atom. The monoisotopic (exact) mass is 420 g/mol. The van der Waals surface area contributed by atoms with Crippen molar-refractivity contribution in [3.8, 4) is 0 Å². The second-order valence-electron chi connectivity index (χ2n) is 4.98. The third kappa shape index (κ3) is 3.16. The van der Waals surface area contributed by atoms with Crippen LogP contribution in [0.3, 0.4) is 0 Å². The van der Waals surface area contributed by atoms with E-state index in [4.69, 9.17) is 44.3 Å². The van der Waals surface area contributed by atoms with Gasteiger partial charge in [-0.2, -0.15) is 0 Å². The van der Waals surface area contributed by atoms with Gasteiger partial charge in [-0.1, -0.05) is 68.9 Å². The number of halogens is 4. The van der Waals surface area contributed by atoms with Gasteiger partial charge in [0, 0.05) is 15.6 Å². The predicted octanol–water partition coefficient (Wildman–Crippen LogP) is 5.98. The normalized spacial score (nSPS) is 24.6. The van der Waals surface area contributed by atoms with Gasteiger partial charge in [0.1, 0.15) is 6.10 Å². The van der Waals surface area contributed by atoms with Crippen LogP contribution in [0.25, 0.3) is 0 Å². The molecule has 6 heteroatoms. The van der Waals surface area contributed by atoms with Gasteiger partial charge in [-0.25, -0.2) is 0 Å². The molecule has 3 rings (SSSR count). The van der Waals surface area contributed by atoms with Crippen molar-refractivity contribution in [3.63, 3.8) is 0 Å². The summed E-state index contributed by atoms with van der Waals surface area (Å²) in [6.07, 6.45) is -0.179. The third-order valence-corrected chi connectivity index (χ3v) is 5.10. The minimum absolute atomic E-state index is 0.179. The van der Waals surface area contributed by atoms with Gasteiger partial charge >= 0.3 is 0 Å². The van der Waals surface area contributed by atoms with Crippen LogP contribution < -0.4 is 0 Å². The minimum Gasteiger partial charge on any atom is -0.342 e. The highest BCUT2D eigenvalue weighted by Crippen LogP contribution is 2.44. The van der Waals surface area contributed by atoms with Gasteiger partial charge in [0.05, 0.1) is 17.0 Å². The maximum absolute atomic E-state index is 6.31. The maximum Gasteiger partial charge on any atom is 0.207 e. The van der Waals surface area contributed by atoms with Crippen LogP contribution in [-0.2, 0) is 15.3 Å². The van der Waals surface area contributed by atoms with Crippen molar-refractivity contribution in [2.45, 2.75) is 11.9 Å². The van der Waals surface area contributed by atoms with Crippen LogP contribution in [0.2, 0.25) is 15.1 Å². The highest BCUT2D eigenvalue weighted by molar-refractivity contribution is 9.09. The molecule has 1 aliphatic rings. The quantitative estimate of drug-likeness (QED) is 0.566. The van der Waals surface area contributed by atoms with Gasteiger partial charge in [0.15, 0.2) is 0 Å². The van der Waals surface area contributed by atoms with E-state index in [0.717, 1.165) is 11.1 Å². The van der Waals surface area contributed by atoms with E-state index >= 15 is 0 Å². The Morgan fingerprint density at radius 1 is 1.05 bits per heavy atom. The minimum atomic E-state index is -0.925. The Kier molecular flexibility index (Phi) is 5.03. The van der Waals surface area contributed by atoms with E-state index in [1.165, 1.54) is 0 Å². The molecule has 2 nitrogen and oxygen atoms in total. The Balaban J connectivity index is 1.91. The lowest BCUT2D eigenvalue weighted by Crippen LogP contribution is -2.29. The van der Waals surface area contributed by atoms with Crippen LogP contribution in [0, 0.1) is 0 Å². The molecular weight excluding hydrogens is 410 g/mol. The van der Waals surface area contributed by atoms with Gasteiger partial charge in [-0.3, -0.25) is 0 Å². The van der Waals surface area contributed by atoms with Crippen LogP contribution in [0.4, 0.5) is 0 Å². The summed E-state index contributed by atoms with van der Waals surface area (Å²) in [6.45, 7) is 0.437. The maximum atomic E-state index is 6.31. The van der Waals surface area contributed by atoms with Gasteiger partial charge in [0.25, 0.3) is 0 Å². The third-order valence-electron chi connectivity index (χ3n) is 3.56. The Hall–Kier alpha value is -0.290. The van der Waals surface area contributed by atoms with Crippen molar-refractivity contribution in [2.75, 3.05) is 11.9 Å². The highest BCUT2D eigenvalue weighted by Gasteiger charge is 2.44. The van der Waals surface area contributed by atoms with Crippen molar-refractivity contribution >= 4 is 50.7 Å². The first-order chi connectivity index (χ1) is 10.5. The van der Waals surface area contributed by atoms with E-state index < -0.39 is 5.79 Å². The first-order valence-corrected chi connectivity index (χ1v) is 8.88. The Morgan fingerprint density at radius 3 is 2.36 bits per heavy atom. The van der Waals surface area contributed by atoms with E-state index in [9.17, 15) is 0 Å². The summed E-state index contributed by atoms with van der Waals surface area (Å²) in [5, 5.41) is 2.25. The van der Waals surface area contributed by atoms with Crippen molar-refractivity contribution in [1.82, 2.24) is 0 Å². The van der Waals surface area contributed by atoms with E-state index in [-0.39, 0.29) is 6.10 Å². The molecule has 1 saturated heterocycles. The molecule has 1 fully saturated rings. The molecule has 0 aliphatic carbocycles. The molecule has 1 aliphatic heterocycles. The molecule has 116 valence electrons. The van der Waals surface area contributed by atoms with Crippen molar-refractivity contribution < 1.29 is 9.47 Å². The number of benzene rings is 2. The van der Waals surface area contributed by atoms with Gasteiger partial charge in [-0.15, -0.1) is 0 Å². The lowest BCUT2D eigenvalue weighted by molar-refractivity contribution is -0.157. The second kappa shape index (κ2) is 6.68. The van der Waals surface area contributed by atoms with Gasteiger partial charge < -0.3 is 9.47 Å². The summed E-state index contributed by atoms with van der Waals surface area (Å²) in [6, 6.07) is 12.8. The van der Waals surface area contributed by atoms with Gasteiger partial charge in [-0.05, 0) is 29.8 Å². The predicted molar refractivity (Wildman–Crippen MR) is 93.2 cm³/mol. The average Bonchev–Trinajstić information content (AvgIpc) is 2.93. The average molecular weight is 423 g/mol. The summed E-state index contributed by atoms with van der Waals surface area (Å²) in [5.41, 5.74) is 1.77. The summed E-state index contributed by atoms with van der Waals surface area (Å²) >= 11 is 21.7. The summed E-state index contributed by atoms with van der Waals surface area (Å²) in [7, 11) is 0. The summed E-state index contributed by atoms with van der Waals surface area (Å²) in [5.74, 6) is -0.925. The van der Waals surface area contributed by atoms with Crippen LogP contribution in [0.15, 0.2) is 42.5 Å². The van der Waals surface area contributed by atoms with Crippen LogP contribution in [0.1, 0.15) is 17.2 Å². The van der Waals surface area contributed by atoms with E-state index in [1.807, 2.05) is 30.3 Å². The number of alkyl halides is 1. The summed E-state index contributed by atoms with van der Waals surface area (Å²) < 4.78 is 12.2. The van der Waals surface area contributed by atoms with E-state index in [1.54, 1.807) is 12.1 Å². The lowest BCUT2D eigenvalue weighted by Gasteiger charge is -2.27. The van der Waals surface area contributed by atoms with Crippen molar-refractivity contribution in [2.24, 2.45) is 0 Å². The van der Waals surface area contributed by atoms with Gasteiger partial charge in [0.2, 0.25) is 5.79 Å². The zero-order chi connectivity index (χ0) is 15.7. The molecule has 1 heterocycles. The van der Waals surface area contributed by atoms with Crippen molar-refractivity contribution in [3.05, 3.63) is 68.7 Å². The number of hydrogen-bond acceptors (Lipinski definition) is 2. The second-order valence-corrected chi connectivity index (χ2v) is 6.82. The smallest absolute Gasteiger partial charge is 0.207 e. The fraction of sp³-hybridized carbons (Fsp3) is 0.250. The molecular formula is C16H12BrCl3O2. The van der Waals surface area contributed by atoms with Crippen molar-refractivity contribution in [1.29, 1.82) is 0 Å². The molecule has 2 aromatic carbocycles. The van der Waals surface area contributed by atoms with E-state index in [2.05, 4.69) is 15.9 Å². The molecule has 0 spiro atoms. The fourth-order valence-electron chi connectivity index (χ4n) is 2.43. The molecule has 0 N–H and O–H groups in total. The van der Waals surface area contributed by atoms with Crippen LogP contribution in [-0.4, -0.2) is 11.9 Å². The zero-order valence-electron chi connectivity index (χ0n) is 11.4. The number of rotatable bonds is 3. The Bertz CT molecular complexity index is 678. The first-order valence-electron chi connectivity index (χ1n) is 6.63. The standard InChI is InChI=1S/C16H12BrCl3O2/c17-9-16(13-6-5-12(19)7-14(13)20)21-8-15(22-16)10-1-3-11(18)4-2-10/h1-7,15H,8-9H2/t15-,16-/m1/s1. The number of hydrogen-bond donors (Lipinski definition) is 0. The van der Waals surface area contributed by atoms with E-state index in [0.29, 0.717) is 27.0 Å². The SMILES string of the molecule is Clc1ccc([C@H]2CO[C@@](CBr)(c3ccc(Cl)cc3Cl)O2)cc1. The molecule has 0 amide bonds. The van der Waals surface area contributed by atoms with Crippen LogP contribution >= 0.6 is 50.7 Å². The molecule has 2 aromatic rings. The summed E-state index contributed by atoms with van der Waals surface area (Å²) in [4.78, 5) is 0. The lowest BCUT2D eigenvalue weighted by atomic mass is 10.1. The molecule has 0 unspecified atom stereocenters. The molecule has 0 saturated carbocycles. The molecule has 0 bridgehead atoms. The molecule has 0 aromatic heterocycles. The Labute approximate surface area is 152 Å². The van der Waals surface area contributed by atoms with Crippen LogP contribution in [0.5, 0.6) is 0 Å². The molecule has 22 heavy (non-hydrogen) atoms. The zero-order valence-corrected chi connectivity index (χ0v) is 15.2. The largest absolute Gasteiger partial charge is 0.342 e. The fourth-order valence-corrected chi connectivity index (χ4v) is 3.71. The molecule has 0 radical (unpaired) electrons. The highest BCUT2D eigenvalue weighted by atomic mass is 79.9.